The summed E-state index contributed by atoms with van der Waals surface area (Å²) in [6.07, 6.45) is 19.4. The molecule has 0 spiro atoms. The monoisotopic (exact) mass is 236 g/mol. The maximum Gasteiger partial charge on any atom is 0.142 e. The predicted octanol–water partition coefficient (Wildman–Crippen LogP) is 4.12. The smallest absolute Gasteiger partial charge is 0.142 e. The van der Waals surface area contributed by atoms with E-state index in [2.05, 4.69) is 12.1 Å². The lowest BCUT2D eigenvalue weighted by atomic mass is 10.2. The van der Waals surface area contributed by atoms with Gasteiger partial charge in [-0.25, -0.2) is 0 Å². The third kappa shape index (κ3) is 6.96. The van der Waals surface area contributed by atoms with Gasteiger partial charge in [0.2, 0.25) is 0 Å². The summed E-state index contributed by atoms with van der Waals surface area (Å²) in [5, 5.41) is 0. The fourth-order valence-electron chi connectivity index (χ4n) is 1.23. The third-order valence-corrected chi connectivity index (χ3v) is 2.06. The zero-order valence-electron chi connectivity index (χ0n) is 10.1. The minimum atomic E-state index is 0.752. The lowest BCUT2D eigenvalue weighted by Gasteiger charge is -1.87. The zero-order valence-corrected chi connectivity index (χ0v) is 10.1. The molecule has 1 aromatic carbocycles. The normalized spacial score (nSPS) is 12.7. The van der Waals surface area contributed by atoms with E-state index < -0.39 is 0 Å². The molecule has 0 aliphatic heterocycles. The number of carbonyl (C=O) groups is 1. The van der Waals surface area contributed by atoms with E-state index in [1.165, 1.54) is 11.6 Å². The van der Waals surface area contributed by atoms with Gasteiger partial charge in [0.15, 0.2) is 0 Å². The Morgan fingerprint density at radius 1 is 0.611 bits per heavy atom. The highest BCUT2D eigenvalue weighted by molar-refractivity contribution is 5.65. The van der Waals surface area contributed by atoms with Gasteiger partial charge in [0, 0.05) is 0 Å². The maximum atomic E-state index is 9.97. The van der Waals surface area contributed by atoms with Crippen LogP contribution >= 0.6 is 0 Å². The summed E-state index contributed by atoms with van der Waals surface area (Å²) in [6, 6.07) is 10.1. The van der Waals surface area contributed by atoms with Crippen LogP contribution in [0.5, 0.6) is 0 Å². The molecule has 18 heavy (non-hydrogen) atoms. The first-order valence-corrected chi connectivity index (χ1v) is 5.77. The van der Waals surface area contributed by atoms with E-state index in [1.54, 1.807) is 12.2 Å². The van der Waals surface area contributed by atoms with Gasteiger partial charge in [0.25, 0.3) is 0 Å². The fourth-order valence-corrected chi connectivity index (χ4v) is 1.23. The first kappa shape index (κ1) is 13.7. The number of aldehydes is 1. The average molecular weight is 236 g/mol. The van der Waals surface area contributed by atoms with Crippen LogP contribution in [0, 0.1) is 0 Å². The van der Waals surface area contributed by atoms with Crippen molar-refractivity contribution < 1.29 is 4.79 Å². The highest BCUT2D eigenvalue weighted by Gasteiger charge is 1.78. The van der Waals surface area contributed by atoms with Crippen LogP contribution < -0.4 is 0 Å². The number of rotatable bonds is 6. The Bertz CT molecular complexity index is 474. The predicted molar refractivity (Wildman–Crippen MR) is 78.1 cm³/mol. The zero-order chi connectivity index (χ0) is 12.9. The van der Waals surface area contributed by atoms with Gasteiger partial charge in [-0.3, -0.25) is 4.79 Å². The molecule has 90 valence electrons. The lowest BCUT2D eigenvalue weighted by Crippen LogP contribution is -1.66. The molecule has 1 heteroatoms. The Morgan fingerprint density at radius 2 is 1.11 bits per heavy atom. The van der Waals surface area contributed by atoms with Crippen LogP contribution in [0.3, 0.4) is 0 Å². The Morgan fingerprint density at radius 3 is 1.67 bits per heavy atom. The molecule has 0 heterocycles. The van der Waals surface area contributed by atoms with E-state index in [0.29, 0.717) is 0 Å². The van der Waals surface area contributed by atoms with Gasteiger partial charge in [-0.05, 0) is 11.6 Å². The summed E-state index contributed by atoms with van der Waals surface area (Å²) in [5.41, 5.74) is 1.19. The van der Waals surface area contributed by atoms with Crippen molar-refractivity contribution in [3.05, 3.63) is 90.6 Å². The quantitative estimate of drug-likeness (QED) is 0.412. The van der Waals surface area contributed by atoms with E-state index in [9.17, 15) is 4.79 Å². The van der Waals surface area contributed by atoms with Crippen molar-refractivity contribution in [1.29, 1.82) is 0 Å². The topological polar surface area (TPSA) is 17.1 Å². The Balaban J connectivity index is 2.31. The number of allylic oxidation sites excluding steroid dienone is 9. The van der Waals surface area contributed by atoms with Crippen LogP contribution in [0.1, 0.15) is 5.56 Å². The largest absolute Gasteiger partial charge is 0.299 e. The highest BCUT2D eigenvalue weighted by atomic mass is 16.1. The van der Waals surface area contributed by atoms with E-state index in [4.69, 9.17) is 0 Å². The summed E-state index contributed by atoms with van der Waals surface area (Å²) in [6.45, 7) is 0. The van der Waals surface area contributed by atoms with Gasteiger partial charge < -0.3 is 0 Å². The Hall–Kier alpha value is -2.41. The molecule has 0 N–H and O–H groups in total. The van der Waals surface area contributed by atoms with Crippen molar-refractivity contribution in [2.45, 2.75) is 0 Å². The summed E-state index contributed by atoms with van der Waals surface area (Å²) < 4.78 is 0. The Kier molecular flexibility index (Phi) is 7.43. The average Bonchev–Trinajstić information content (AvgIpc) is 2.42. The van der Waals surface area contributed by atoms with E-state index in [0.717, 1.165) is 6.29 Å². The number of hydrogen-bond donors (Lipinski definition) is 0. The van der Waals surface area contributed by atoms with Crippen molar-refractivity contribution in [3.63, 3.8) is 0 Å². The molecule has 0 bridgehead atoms. The standard InChI is InChI=1S/C17H16O/c18-16-12-7-5-3-1-2-4-6-9-13-17-14-10-8-11-15-17/h1-16H/b2-1-,5-3-,6-4-,12-7-,13-9-. The minimum Gasteiger partial charge on any atom is -0.299 e. The molecule has 0 fully saturated rings. The molecular weight excluding hydrogens is 220 g/mol. The Labute approximate surface area is 108 Å². The van der Waals surface area contributed by atoms with Gasteiger partial charge >= 0.3 is 0 Å². The molecule has 1 rings (SSSR count). The van der Waals surface area contributed by atoms with Crippen LogP contribution in [-0.2, 0) is 4.79 Å². The maximum absolute atomic E-state index is 9.97. The van der Waals surface area contributed by atoms with Gasteiger partial charge in [-0.1, -0.05) is 85.0 Å². The van der Waals surface area contributed by atoms with Crippen molar-refractivity contribution in [2.24, 2.45) is 0 Å². The van der Waals surface area contributed by atoms with Crippen LogP contribution in [0.25, 0.3) is 6.08 Å². The third-order valence-electron chi connectivity index (χ3n) is 2.06. The summed E-state index contributed by atoms with van der Waals surface area (Å²) in [7, 11) is 0. The van der Waals surface area contributed by atoms with Gasteiger partial charge in [-0.2, -0.15) is 0 Å². The van der Waals surface area contributed by atoms with Gasteiger partial charge in [0.1, 0.15) is 6.29 Å². The molecule has 0 saturated heterocycles. The molecule has 0 unspecified atom stereocenters. The molecule has 0 aliphatic carbocycles. The van der Waals surface area contributed by atoms with Crippen molar-refractivity contribution in [3.8, 4) is 0 Å². The first-order chi connectivity index (χ1) is 8.93. The summed E-state index contributed by atoms with van der Waals surface area (Å²) in [5.74, 6) is 0. The van der Waals surface area contributed by atoms with Crippen molar-refractivity contribution in [2.75, 3.05) is 0 Å². The summed E-state index contributed by atoms with van der Waals surface area (Å²) >= 11 is 0. The second-order valence-electron chi connectivity index (χ2n) is 3.45. The molecule has 0 radical (unpaired) electrons. The highest BCUT2D eigenvalue weighted by Crippen LogP contribution is 2.00. The molecule has 1 nitrogen and oxygen atoms in total. The van der Waals surface area contributed by atoms with E-state index in [-0.39, 0.29) is 0 Å². The molecule has 0 atom stereocenters. The number of hydrogen-bond acceptors (Lipinski definition) is 1. The fraction of sp³-hybridized carbons (Fsp3) is 0. The van der Waals surface area contributed by atoms with Crippen LogP contribution in [0.15, 0.2) is 85.0 Å². The summed E-state index contributed by atoms with van der Waals surface area (Å²) in [4.78, 5) is 9.97. The molecule has 0 saturated carbocycles. The van der Waals surface area contributed by atoms with Gasteiger partial charge in [-0.15, -0.1) is 0 Å². The lowest BCUT2D eigenvalue weighted by molar-refractivity contribution is -0.104. The molecule has 0 aromatic heterocycles. The van der Waals surface area contributed by atoms with Crippen molar-refractivity contribution in [1.82, 2.24) is 0 Å². The number of benzene rings is 1. The van der Waals surface area contributed by atoms with E-state index in [1.807, 2.05) is 60.7 Å². The van der Waals surface area contributed by atoms with Crippen LogP contribution in [-0.4, -0.2) is 6.29 Å². The number of carbonyl (C=O) groups excluding carboxylic acids is 1. The van der Waals surface area contributed by atoms with Crippen molar-refractivity contribution >= 4 is 12.4 Å². The second kappa shape index (κ2) is 9.79. The van der Waals surface area contributed by atoms with E-state index >= 15 is 0 Å². The second-order valence-corrected chi connectivity index (χ2v) is 3.45. The van der Waals surface area contributed by atoms with Crippen LogP contribution in [0.2, 0.25) is 0 Å². The van der Waals surface area contributed by atoms with Gasteiger partial charge in [0.05, 0.1) is 0 Å². The van der Waals surface area contributed by atoms with Crippen LogP contribution in [0.4, 0.5) is 0 Å². The SMILES string of the molecule is O=C\C=C/C=C\C=C/C=C\C=C/c1ccccc1. The minimum absolute atomic E-state index is 0.752. The molecular formula is C17H16O. The molecule has 1 aromatic rings. The molecule has 0 amide bonds. The molecule has 0 aliphatic rings. The first-order valence-electron chi connectivity index (χ1n) is 5.77.